The van der Waals surface area contributed by atoms with Gasteiger partial charge < -0.3 is 9.64 Å². The second-order valence-corrected chi connectivity index (χ2v) is 7.87. The van der Waals surface area contributed by atoms with Crippen molar-refractivity contribution in [3.63, 3.8) is 0 Å². The van der Waals surface area contributed by atoms with E-state index < -0.39 is 5.60 Å². The Bertz CT molecular complexity index is 523. The molecule has 0 N–H and O–H groups in total. The summed E-state index contributed by atoms with van der Waals surface area (Å²) in [4.78, 5) is 14.3. The molecule has 110 valence electrons. The van der Waals surface area contributed by atoms with Crippen molar-refractivity contribution in [2.24, 2.45) is 0 Å². The average Bonchev–Trinajstić information content (AvgIpc) is 2.99. The molecule has 0 spiro atoms. The van der Waals surface area contributed by atoms with Crippen LogP contribution in [0, 0.1) is 3.57 Å². The van der Waals surface area contributed by atoms with Gasteiger partial charge in [-0.1, -0.05) is 0 Å². The summed E-state index contributed by atoms with van der Waals surface area (Å²) in [6, 6.07) is 0.831. The van der Waals surface area contributed by atoms with Gasteiger partial charge in [-0.3, -0.25) is 4.68 Å². The molecule has 6 heteroatoms. The Morgan fingerprint density at radius 3 is 2.75 bits per heavy atom. The predicted octanol–water partition coefficient (Wildman–Crippen LogP) is 3.20. The summed E-state index contributed by atoms with van der Waals surface area (Å²) in [7, 11) is 0. The molecule has 1 amide bonds. The standard InChI is InChI=1S/C14H20IN3O2/c1-14(2,3)20-13(19)18-10-4-5-11(18)12(6-10)17-8-9(15)7-16-17/h7-8,10-12H,4-6H2,1-3H3. The summed E-state index contributed by atoms with van der Waals surface area (Å²) in [5, 5.41) is 4.42. The maximum atomic E-state index is 12.4. The molecule has 3 rings (SSSR count). The zero-order valence-electron chi connectivity index (χ0n) is 12.0. The first kappa shape index (κ1) is 14.2. The second-order valence-electron chi connectivity index (χ2n) is 6.63. The lowest BCUT2D eigenvalue weighted by Crippen LogP contribution is -2.40. The number of carbonyl (C=O) groups excluding carboxylic acids is 1. The zero-order chi connectivity index (χ0) is 14.5. The fourth-order valence-electron chi connectivity index (χ4n) is 3.34. The van der Waals surface area contributed by atoms with E-state index in [0.717, 1.165) is 22.8 Å². The van der Waals surface area contributed by atoms with Crippen LogP contribution in [-0.2, 0) is 4.74 Å². The third-order valence-electron chi connectivity index (χ3n) is 4.02. The highest BCUT2D eigenvalue weighted by Gasteiger charge is 2.50. The summed E-state index contributed by atoms with van der Waals surface area (Å²) in [6.45, 7) is 5.74. The zero-order valence-corrected chi connectivity index (χ0v) is 14.2. The molecular weight excluding hydrogens is 369 g/mol. The molecule has 20 heavy (non-hydrogen) atoms. The van der Waals surface area contributed by atoms with Crippen LogP contribution >= 0.6 is 22.6 Å². The number of rotatable bonds is 1. The van der Waals surface area contributed by atoms with Gasteiger partial charge in [0.05, 0.1) is 21.9 Å². The van der Waals surface area contributed by atoms with Crippen molar-refractivity contribution in [1.29, 1.82) is 0 Å². The van der Waals surface area contributed by atoms with Crippen molar-refractivity contribution in [1.82, 2.24) is 14.7 Å². The Balaban J connectivity index is 1.77. The molecule has 0 aromatic carbocycles. The van der Waals surface area contributed by atoms with Gasteiger partial charge in [-0.25, -0.2) is 4.79 Å². The van der Waals surface area contributed by atoms with Crippen LogP contribution < -0.4 is 0 Å². The van der Waals surface area contributed by atoms with Gasteiger partial charge in [0.15, 0.2) is 0 Å². The van der Waals surface area contributed by atoms with E-state index in [1.807, 2.05) is 36.5 Å². The minimum atomic E-state index is -0.435. The van der Waals surface area contributed by atoms with Crippen molar-refractivity contribution in [2.45, 2.75) is 63.8 Å². The van der Waals surface area contributed by atoms with Gasteiger partial charge in [-0.15, -0.1) is 0 Å². The molecule has 2 aliphatic rings. The van der Waals surface area contributed by atoms with E-state index in [0.29, 0.717) is 12.1 Å². The fraction of sp³-hybridized carbons (Fsp3) is 0.714. The maximum Gasteiger partial charge on any atom is 0.410 e. The number of hydrogen-bond acceptors (Lipinski definition) is 3. The molecule has 2 aliphatic heterocycles. The first-order valence-corrected chi connectivity index (χ1v) is 8.14. The van der Waals surface area contributed by atoms with Gasteiger partial charge in [-0.2, -0.15) is 5.10 Å². The number of hydrogen-bond donors (Lipinski definition) is 0. The number of halogens is 1. The molecule has 2 fully saturated rings. The first-order chi connectivity index (χ1) is 9.35. The van der Waals surface area contributed by atoms with Crippen LogP contribution in [0.15, 0.2) is 12.4 Å². The summed E-state index contributed by atoms with van der Waals surface area (Å²) in [5.74, 6) is 0. The quantitative estimate of drug-likeness (QED) is 0.694. The topological polar surface area (TPSA) is 47.4 Å². The third-order valence-corrected chi connectivity index (χ3v) is 4.58. The number of aromatic nitrogens is 2. The van der Waals surface area contributed by atoms with E-state index in [2.05, 4.69) is 33.9 Å². The molecule has 0 radical (unpaired) electrons. The maximum absolute atomic E-state index is 12.4. The average molecular weight is 389 g/mol. The number of carbonyl (C=O) groups is 1. The van der Waals surface area contributed by atoms with Gasteiger partial charge in [-0.05, 0) is 62.6 Å². The number of fused-ring (bicyclic) bond motifs is 2. The highest BCUT2D eigenvalue weighted by molar-refractivity contribution is 14.1. The normalized spacial score (nSPS) is 29.0. The lowest BCUT2D eigenvalue weighted by molar-refractivity contribution is 0.0205. The fourth-order valence-corrected chi connectivity index (χ4v) is 3.75. The molecule has 2 bridgehead atoms. The van der Waals surface area contributed by atoms with E-state index in [4.69, 9.17) is 4.74 Å². The highest BCUT2D eigenvalue weighted by Crippen LogP contribution is 2.44. The van der Waals surface area contributed by atoms with Crippen LogP contribution in [0.5, 0.6) is 0 Å². The molecule has 3 heterocycles. The van der Waals surface area contributed by atoms with Crippen molar-refractivity contribution < 1.29 is 9.53 Å². The van der Waals surface area contributed by atoms with Gasteiger partial charge in [0.2, 0.25) is 0 Å². The van der Waals surface area contributed by atoms with Crippen molar-refractivity contribution in [2.75, 3.05) is 0 Å². The van der Waals surface area contributed by atoms with E-state index in [-0.39, 0.29) is 12.1 Å². The van der Waals surface area contributed by atoms with Crippen LogP contribution in [0.2, 0.25) is 0 Å². The third kappa shape index (κ3) is 2.54. The van der Waals surface area contributed by atoms with E-state index >= 15 is 0 Å². The minimum Gasteiger partial charge on any atom is -0.444 e. The number of ether oxygens (including phenoxy) is 1. The van der Waals surface area contributed by atoms with E-state index in [1.165, 1.54) is 0 Å². The molecule has 1 aromatic heterocycles. The van der Waals surface area contributed by atoms with Crippen LogP contribution in [0.1, 0.15) is 46.1 Å². The molecule has 3 unspecified atom stereocenters. The Morgan fingerprint density at radius 2 is 2.15 bits per heavy atom. The second kappa shape index (κ2) is 4.89. The lowest BCUT2D eigenvalue weighted by atomic mass is 9.96. The van der Waals surface area contributed by atoms with Crippen LogP contribution in [-0.4, -0.2) is 38.5 Å². The van der Waals surface area contributed by atoms with Gasteiger partial charge in [0, 0.05) is 12.2 Å². The van der Waals surface area contributed by atoms with Gasteiger partial charge in [0.25, 0.3) is 0 Å². The van der Waals surface area contributed by atoms with Crippen molar-refractivity contribution in [3.8, 4) is 0 Å². The molecule has 0 aliphatic carbocycles. The largest absolute Gasteiger partial charge is 0.444 e. The summed E-state index contributed by atoms with van der Waals surface area (Å²) < 4.78 is 8.70. The summed E-state index contributed by atoms with van der Waals surface area (Å²) in [5.41, 5.74) is -0.435. The van der Waals surface area contributed by atoms with Crippen molar-refractivity contribution in [3.05, 3.63) is 16.0 Å². The molecule has 1 aromatic rings. The molecular formula is C14H20IN3O2. The molecule has 0 saturated carbocycles. The first-order valence-electron chi connectivity index (χ1n) is 7.06. The van der Waals surface area contributed by atoms with E-state index in [1.54, 1.807) is 0 Å². The van der Waals surface area contributed by atoms with Crippen LogP contribution in [0.25, 0.3) is 0 Å². The van der Waals surface area contributed by atoms with Gasteiger partial charge in [0.1, 0.15) is 5.60 Å². The van der Waals surface area contributed by atoms with Crippen molar-refractivity contribution >= 4 is 28.7 Å². The minimum absolute atomic E-state index is 0.172. The summed E-state index contributed by atoms with van der Waals surface area (Å²) >= 11 is 2.27. The smallest absolute Gasteiger partial charge is 0.410 e. The molecule has 2 saturated heterocycles. The Hall–Kier alpha value is -0.790. The SMILES string of the molecule is CC(C)(C)OC(=O)N1C2CCC1C(n1cc(I)cn1)C2. The Labute approximate surface area is 132 Å². The van der Waals surface area contributed by atoms with E-state index in [9.17, 15) is 4.79 Å². The van der Waals surface area contributed by atoms with Gasteiger partial charge >= 0.3 is 6.09 Å². The lowest BCUT2D eigenvalue weighted by Gasteiger charge is -2.28. The van der Waals surface area contributed by atoms with Crippen LogP contribution in [0.4, 0.5) is 4.79 Å². The Morgan fingerprint density at radius 1 is 1.40 bits per heavy atom. The Kier molecular flexibility index (Phi) is 3.46. The predicted molar refractivity (Wildman–Crippen MR) is 83.5 cm³/mol. The monoisotopic (exact) mass is 389 g/mol. The number of amides is 1. The molecule has 5 nitrogen and oxygen atoms in total. The van der Waals surface area contributed by atoms with Crippen LogP contribution in [0.3, 0.4) is 0 Å². The highest BCUT2D eigenvalue weighted by atomic mass is 127. The molecule has 3 atom stereocenters. The summed E-state index contributed by atoms with van der Waals surface area (Å²) in [6.07, 6.45) is 6.86. The number of nitrogens with zero attached hydrogens (tertiary/aromatic N) is 3.